The minimum absolute atomic E-state index is 0.520. The maximum Gasteiger partial charge on any atom is 0.149 e. The Bertz CT molecular complexity index is 726. The summed E-state index contributed by atoms with van der Waals surface area (Å²) in [4.78, 5) is 8.77. The molecule has 0 radical (unpaired) electrons. The van der Waals surface area contributed by atoms with Gasteiger partial charge < -0.3 is 15.6 Å². The van der Waals surface area contributed by atoms with Crippen LogP contribution in [0.4, 0.5) is 10.8 Å². The van der Waals surface area contributed by atoms with E-state index >= 15 is 0 Å². The number of aromatic nitrogens is 4. The first-order chi connectivity index (χ1) is 9.65. The fourth-order valence-corrected chi connectivity index (χ4v) is 3.46. The lowest BCUT2D eigenvalue weighted by Gasteiger charge is -2.05. The van der Waals surface area contributed by atoms with Crippen molar-refractivity contribution in [1.82, 2.24) is 18.9 Å². The van der Waals surface area contributed by atoms with Gasteiger partial charge in [0.05, 0.1) is 12.1 Å². The summed E-state index contributed by atoms with van der Waals surface area (Å²) in [5, 5.41) is 7.18. The van der Waals surface area contributed by atoms with E-state index in [-0.39, 0.29) is 0 Å². The molecule has 3 N–H and O–H groups in total. The first-order valence-corrected chi connectivity index (χ1v) is 7.68. The fourth-order valence-electron chi connectivity index (χ4n) is 1.82. The Balaban J connectivity index is 1.86. The first-order valence-electron chi connectivity index (χ1n) is 6.03. The molecular formula is C12H14N6S2. The normalized spacial score (nSPS) is 10.9. The van der Waals surface area contributed by atoms with Gasteiger partial charge in [-0.25, -0.2) is 9.97 Å². The Hall–Kier alpha value is -1.93. The van der Waals surface area contributed by atoms with Crippen LogP contribution in [0, 0.1) is 6.92 Å². The van der Waals surface area contributed by atoms with Gasteiger partial charge in [0, 0.05) is 30.5 Å². The van der Waals surface area contributed by atoms with Crippen LogP contribution in [0.2, 0.25) is 0 Å². The summed E-state index contributed by atoms with van der Waals surface area (Å²) in [6.07, 6.45) is 3.70. The molecule has 0 bridgehead atoms. The molecule has 0 atom stereocenters. The summed E-state index contributed by atoms with van der Waals surface area (Å²) in [6.45, 7) is 2.60. The molecule has 0 fully saturated rings. The van der Waals surface area contributed by atoms with Crippen molar-refractivity contribution >= 4 is 33.7 Å². The molecular weight excluding hydrogens is 292 g/mol. The molecule has 0 saturated heterocycles. The summed E-state index contributed by atoms with van der Waals surface area (Å²) in [6, 6.07) is 0. The molecule has 20 heavy (non-hydrogen) atoms. The van der Waals surface area contributed by atoms with Gasteiger partial charge >= 0.3 is 0 Å². The second-order valence-corrected chi connectivity index (χ2v) is 6.01. The van der Waals surface area contributed by atoms with Crippen LogP contribution >= 0.6 is 22.9 Å². The standard InChI is InChI=1S/C12H14N6S2/c1-7-6-19-12(16-7)9-10(13)17-20-11(9)15-5-8-14-3-4-18(8)2/h3-4,6,15H,5H2,1-2H3,(H2,13,17). The number of imidazole rings is 1. The van der Waals surface area contributed by atoms with Crippen molar-refractivity contribution in [3.8, 4) is 10.6 Å². The quantitative estimate of drug-likeness (QED) is 0.774. The van der Waals surface area contributed by atoms with E-state index in [4.69, 9.17) is 5.73 Å². The van der Waals surface area contributed by atoms with Crippen LogP contribution in [0.5, 0.6) is 0 Å². The predicted octanol–water partition coefficient (Wildman–Crippen LogP) is 2.50. The number of anilines is 2. The second-order valence-electron chi connectivity index (χ2n) is 4.37. The number of hydrogen-bond acceptors (Lipinski definition) is 7. The van der Waals surface area contributed by atoms with Crippen LogP contribution in [0.1, 0.15) is 11.5 Å². The fraction of sp³-hybridized carbons (Fsp3) is 0.250. The zero-order valence-electron chi connectivity index (χ0n) is 11.1. The summed E-state index contributed by atoms with van der Waals surface area (Å²) >= 11 is 2.93. The molecule has 0 aliphatic heterocycles. The van der Waals surface area contributed by atoms with E-state index in [1.807, 2.05) is 30.1 Å². The van der Waals surface area contributed by atoms with Gasteiger partial charge in [-0.3, -0.25) is 0 Å². The highest BCUT2D eigenvalue weighted by molar-refractivity contribution is 7.15. The zero-order valence-corrected chi connectivity index (χ0v) is 12.8. The van der Waals surface area contributed by atoms with Gasteiger partial charge in [0.25, 0.3) is 0 Å². The number of hydrogen-bond donors (Lipinski definition) is 2. The maximum atomic E-state index is 5.97. The van der Waals surface area contributed by atoms with Crippen LogP contribution in [-0.2, 0) is 13.6 Å². The van der Waals surface area contributed by atoms with E-state index in [9.17, 15) is 0 Å². The molecule has 0 aliphatic rings. The van der Waals surface area contributed by atoms with E-state index in [1.54, 1.807) is 17.5 Å². The smallest absolute Gasteiger partial charge is 0.149 e. The third kappa shape index (κ3) is 2.39. The van der Waals surface area contributed by atoms with Gasteiger partial charge in [0.15, 0.2) is 0 Å². The summed E-state index contributed by atoms with van der Waals surface area (Å²) in [5.41, 5.74) is 7.85. The summed E-state index contributed by atoms with van der Waals surface area (Å²) < 4.78 is 6.20. The Labute approximate surface area is 124 Å². The zero-order chi connectivity index (χ0) is 14.1. The highest BCUT2D eigenvalue weighted by atomic mass is 32.1. The van der Waals surface area contributed by atoms with Crippen LogP contribution in [-0.4, -0.2) is 18.9 Å². The Morgan fingerprint density at radius 2 is 2.30 bits per heavy atom. The summed E-state index contributed by atoms with van der Waals surface area (Å²) in [7, 11) is 1.97. The van der Waals surface area contributed by atoms with Crippen LogP contribution in [0.15, 0.2) is 17.8 Å². The number of nitrogens with two attached hydrogens (primary N) is 1. The Morgan fingerprint density at radius 3 is 2.95 bits per heavy atom. The largest absolute Gasteiger partial charge is 0.382 e. The molecule has 0 saturated carbocycles. The van der Waals surface area contributed by atoms with Gasteiger partial charge in [-0.1, -0.05) is 0 Å². The van der Waals surface area contributed by atoms with Crippen LogP contribution < -0.4 is 11.1 Å². The molecule has 0 aromatic carbocycles. The molecule has 104 valence electrons. The molecule has 0 aliphatic carbocycles. The lowest BCUT2D eigenvalue weighted by atomic mass is 10.3. The lowest BCUT2D eigenvalue weighted by Crippen LogP contribution is -2.05. The lowest BCUT2D eigenvalue weighted by molar-refractivity contribution is 0.814. The maximum absolute atomic E-state index is 5.97. The molecule has 0 amide bonds. The second kappa shape index (κ2) is 5.22. The van der Waals surface area contributed by atoms with Gasteiger partial charge in [0.2, 0.25) is 0 Å². The predicted molar refractivity (Wildman–Crippen MR) is 82.9 cm³/mol. The molecule has 8 heteroatoms. The minimum atomic E-state index is 0.520. The number of nitrogens with zero attached hydrogens (tertiary/aromatic N) is 4. The molecule has 3 aromatic heterocycles. The average Bonchev–Trinajstić information content (AvgIpc) is 3.09. The van der Waals surface area contributed by atoms with Gasteiger partial charge in [-0.05, 0) is 18.5 Å². The van der Waals surface area contributed by atoms with Crippen molar-refractivity contribution in [3.05, 3.63) is 29.3 Å². The number of rotatable bonds is 4. The van der Waals surface area contributed by atoms with Crippen molar-refractivity contribution in [3.63, 3.8) is 0 Å². The van der Waals surface area contributed by atoms with E-state index < -0.39 is 0 Å². The molecule has 3 aromatic rings. The van der Waals surface area contributed by atoms with E-state index in [0.717, 1.165) is 27.1 Å². The van der Waals surface area contributed by atoms with Gasteiger partial charge in [0.1, 0.15) is 21.7 Å². The minimum Gasteiger partial charge on any atom is -0.382 e. The number of nitrogens with one attached hydrogen (secondary N) is 1. The highest BCUT2D eigenvalue weighted by Gasteiger charge is 2.16. The molecule has 0 spiro atoms. The molecule has 6 nitrogen and oxygen atoms in total. The highest BCUT2D eigenvalue weighted by Crippen LogP contribution is 2.38. The third-order valence-corrected chi connectivity index (χ3v) is 4.68. The number of nitrogen functional groups attached to an aromatic ring is 1. The van der Waals surface area contributed by atoms with Crippen molar-refractivity contribution < 1.29 is 0 Å². The van der Waals surface area contributed by atoms with Gasteiger partial charge in [-0.15, -0.1) is 11.3 Å². The molecule has 3 rings (SSSR count). The van der Waals surface area contributed by atoms with Crippen molar-refractivity contribution in [1.29, 1.82) is 0 Å². The number of thiazole rings is 1. The first kappa shape index (κ1) is 13.1. The van der Waals surface area contributed by atoms with Crippen LogP contribution in [0.25, 0.3) is 10.6 Å². The van der Waals surface area contributed by atoms with E-state index in [0.29, 0.717) is 12.4 Å². The van der Waals surface area contributed by atoms with E-state index in [2.05, 4.69) is 19.7 Å². The SMILES string of the molecule is Cc1csc(-c2c(N)nsc2NCc2nccn2C)n1. The Kier molecular flexibility index (Phi) is 3.41. The Morgan fingerprint density at radius 1 is 1.45 bits per heavy atom. The monoisotopic (exact) mass is 306 g/mol. The van der Waals surface area contributed by atoms with Crippen molar-refractivity contribution in [2.45, 2.75) is 13.5 Å². The van der Waals surface area contributed by atoms with Crippen molar-refractivity contribution in [2.24, 2.45) is 7.05 Å². The number of aryl methyl sites for hydroxylation is 2. The summed E-state index contributed by atoms with van der Waals surface area (Å²) in [5.74, 6) is 1.48. The average molecular weight is 306 g/mol. The molecule has 0 unspecified atom stereocenters. The van der Waals surface area contributed by atoms with Gasteiger partial charge in [-0.2, -0.15) is 4.37 Å². The molecule has 3 heterocycles. The third-order valence-electron chi connectivity index (χ3n) is 2.88. The van der Waals surface area contributed by atoms with Crippen molar-refractivity contribution in [2.75, 3.05) is 11.1 Å². The van der Waals surface area contributed by atoms with Crippen LogP contribution in [0.3, 0.4) is 0 Å². The topological polar surface area (TPSA) is 81.6 Å². The van der Waals surface area contributed by atoms with E-state index in [1.165, 1.54) is 11.5 Å².